The number of aliphatic hydroxyl groups excluding tert-OH is 1. The van der Waals surface area contributed by atoms with E-state index in [0.717, 1.165) is 38.5 Å². The zero-order chi connectivity index (χ0) is 19.4. The number of esters is 1. The van der Waals surface area contributed by atoms with Gasteiger partial charge in [0.2, 0.25) is 0 Å². The van der Waals surface area contributed by atoms with Crippen LogP contribution < -0.4 is 0 Å². The molecule has 0 saturated heterocycles. The van der Waals surface area contributed by atoms with E-state index in [9.17, 15) is 14.7 Å². The maximum Gasteiger partial charge on any atom is 0.302 e. The van der Waals surface area contributed by atoms with E-state index >= 15 is 0 Å². The second-order valence-electron chi connectivity index (χ2n) is 10.0. The van der Waals surface area contributed by atoms with E-state index in [4.69, 9.17) is 4.74 Å². The van der Waals surface area contributed by atoms with E-state index in [1.807, 2.05) is 0 Å². The van der Waals surface area contributed by atoms with Gasteiger partial charge in [0, 0.05) is 12.8 Å². The molecular weight excluding hydrogens is 340 g/mol. The van der Waals surface area contributed by atoms with Crippen LogP contribution in [0.4, 0.5) is 0 Å². The first-order valence-corrected chi connectivity index (χ1v) is 10.8. The van der Waals surface area contributed by atoms with Gasteiger partial charge in [0.15, 0.2) is 5.78 Å². The van der Waals surface area contributed by atoms with Crippen molar-refractivity contribution < 1.29 is 19.4 Å². The fourth-order valence-electron chi connectivity index (χ4n) is 7.47. The van der Waals surface area contributed by atoms with Crippen LogP contribution in [-0.2, 0) is 14.3 Å². The smallest absolute Gasteiger partial charge is 0.302 e. The molecule has 0 amide bonds. The molecule has 0 unspecified atom stereocenters. The van der Waals surface area contributed by atoms with Crippen molar-refractivity contribution in [2.24, 2.45) is 34.5 Å². The Labute approximate surface area is 162 Å². The number of hydrogen-bond donors (Lipinski definition) is 1. The van der Waals surface area contributed by atoms with Crippen LogP contribution in [0.2, 0.25) is 0 Å². The topological polar surface area (TPSA) is 63.6 Å². The fraction of sp³-hybridized carbons (Fsp3) is 0.826. The summed E-state index contributed by atoms with van der Waals surface area (Å²) in [5, 5.41) is 9.41. The summed E-state index contributed by atoms with van der Waals surface area (Å²) in [7, 11) is 0. The first-order chi connectivity index (χ1) is 12.8. The predicted molar refractivity (Wildman–Crippen MR) is 103 cm³/mol. The van der Waals surface area contributed by atoms with Crippen molar-refractivity contribution in [1.29, 1.82) is 0 Å². The highest BCUT2D eigenvalue weighted by atomic mass is 16.5. The number of aliphatic hydroxyl groups is 1. The minimum Gasteiger partial charge on any atom is -0.463 e. The molecule has 0 aromatic carbocycles. The molecule has 0 aliphatic heterocycles. The van der Waals surface area contributed by atoms with Gasteiger partial charge in [0.05, 0.1) is 0 Å². The normalized spacial score (nSPS) is 45.9. The standard InChI is InChI=1S/C23H34O4/c1-14(25)27-16-8-10-22(2)15(12-16)4-5-17-18-6-7-20(21(26)13-24)23(18,3)11-9-19(17)22/h9,15-18,20,24H,4-8,10-13H2,1-3H3/t15-,16-,17-,18-,20+,22-,23-/m0/s1. The van der Waals surface area contributed by atoms with Crippen LogP contribution >= 0.6 is 0 Å². The van der Waals surface area contributed by atoms with Gasteiger partial charge in [0.1, 0.15) is 12.7 Å². The first kappa shape index (κ1) is 19.2. The molecule has 0 heterocycles. The van der Waals surface area contributed by atoms with Crippen molar-refractivity contribution in [3.8, 4) is 0 Å². The average molecular weight is 375 g/mol. The number of ether oxygens (including phenoxy) is 1. The van der Waals surface area contributed by atoms with Crippen molar-refractivity contribution in [3.63, 3.8) is 0 Å². The van der Waals surface area contributed by atoms with Gasteiger partial charge in [-0.05, 0) is 80.0 Å². The lowest BCUT2D eigenvalue weighted by Crippen LogP contribution is -2.49. The summed E-state index contributed by atoms with van der Waals surface area (Å²) in [6, 6.07) is 0. The van der Waals surface area contributed by atoms with E-state index in [-0.39, 0.29) is 41.2 Å². The monoisotopic (exact) mass is 374 g/mol. The average Bonchev–Trinajstić information content (AvgIpc) is 2.98. The van der Waals surface area contributed by atoms with E-state index in [1.54, 1.807) is 5.57 Å². The second-order valence-corrected chi connectivity index (χ2v) is 10.0. The van der Waals surface area contributed by atoms with Crippen molar-refractivity contribution in [2.45, 2.75) is 78.2 Å². The third kappa shape index (κ3) is 2.90. The number of ketones is 1. The lowest BCUT2D eigenvalue weighted by atomic mass is 9.48. The first-order valence-electron chi connectivity index (χ1n) is 10.8. The van der Waals surface area contributed by atoms with Crippen LogP contribution in [0.1, 0.15) is 72.1 Å². The Kier molecular flexibility index (Phi) is 4.77. The van der Waals surface area contributed by atoms with Crippen LogP contribution in [-0.4, -0.2) is 29.6 Å². The minimum absolute atomic E-state index is 0.0200. The highest BCUT2D eigenvalue weighted by molar-refractivity contribution is 5.83. The van der Waals surface area contributed by atoms with Crippen LogP contribution in [0.15, 0.2) is 11.6 Å². The third-order valence-corrected chi connectivity index (χ3v) is 8.85. The molecule has 4 rings (SSSR count). The summed E-state index contributed by atoms with van der Waals surface area (Å²) >= 11 is 0. The van der Waals surface area contributed by atoms with Gasteiger partial charge in [0.25, 0.3) is 0 Å². The maximum absolute atomic E-state index is 12.3. The Hall–Kier alpha value is -1.16. The minimum atomic E-state index is -0.314. The van der Waals surface area contributed by atoms with Crippen LogP contribution in [0.25, 0.3) is 0 Å². The predicted octanol–water partition coefficient (Wildman–Crippen LogP) is 4.06. The number of carbonyl (C=O) groups is 2. The van der Waals surface area contributed by atoms with Crippen molar-refractivity contribution in [3.05, 3.63) is 11.6 Å². The highest BCUT2D eigenvalue weighted by Crippen LogP contribution is 2.65. The molecule has 3 saturated carbocycles. The molecule has 150 valence electrons. The van der Waals surface area contributed by atoms with Gasteiger partial charge in [-0.1, -0.05) is 25.5 Å². The Morgan fingerprint density at radius 3 is 2.67 bits per heavy atom. The lowest BCUT2D eigenvalue weighted by Gasteiger charge is -2.56. The fourth-order valence-corrected chi connectivity index (χ4v) is 7.47. The van der Waals surface area contributed by atoms with Gasteiger partial charge in [-0.25, -0.2) is 0 Å². The summed E-state index contributed by atoms with van der Waals surface area (Å²) in [6.07, 6.45) is 11.0. The Balaban J connectivity index is 1.58. The number of rotatable bonds is 3. The molecule has 0 bridgehead atoms. The zero-order valence-corrected chi connectivity index (χ0v) is 17.0. The Morgan fingerprint density at radius 2 is 1.96 bits per heavy atom. The quantitative estimate of drug-likeness (QED) is 0.598. The number of allylic oxidation sites excluding steroid dienone is 2. The lowest BCUT2D eigenvalue weighted by molar-refractivity contribution is -0.151. The molecule has 7 atom stereocenters. The summed E-state index contributed by atoms with van der Waals surface area (Å²) in [6.45, 7) is 5.93. The van der Waals surface area contributed by atoms with Gasteiger partial charge in [-0.3, -0.25) is 9.59 Å². The third-order valence-electron chi connectivity index (χ3n) is 8.85. The van der Waals surface area contributed by atoms with Gasteiger partial charge >= 0.3 is 5.97 Å². The molecule has 4 nitrogen and oxygen atoms in total. The van der Waals surface area contributed by atoms with E-state index in [1.165, 1.54) is 19.8 Å². The Bertz CT molecular complexity index is 667. The summed E-state index contributed by atoms with van der Waals surface area (Å²) in [5.74, 6) is 1.66. The molecule has 1 N–H and O–H groups in total. The molecular formula is C23H34O4. The van der Waals surface area contributed by atoms with E-state index in [2.05, 4.69) is 19.9 Å². The molecule has 0 aromatic heterocycles. The van der Waals surface area contributed by atoms with Gasteiger partial charge in [-0.2, -0.15) is 0 Å². The van der Waals surface area contributed by atoms with Gasteiger partial charge < -0.3 is 9.84 Å². The highest BCUT2D eigenvalue weighted by Gasteiger charge is 2.58. The molecule has 4 aliphatic carbocycles. The molecule has 4 heteroatoms. The maximum atomic E-state index is 12.3. The van der Waals surface area contributed by atoms with Crippen LogP contribution in [0.3, 0.4) is 0 Å². The van der Waals surface area contributed by atoms with Crippen molar-refractivity contribution in [1.82, 2.24) is 0 Å². The summed E-state index contributed by atoms with van der Waals surface area (Å²) < 4.78 is 5.54. The molecule has 0 spiro atoms. The SMILES string of the molecule is CC(=O)O[C@H]1CC[C@]2(C)C3=CC[C@]4(C)[C@@H](C(=O)CO)CC[C@H]4[C@@H]3CC[C@H]2C1. The molecule has 3 fully saturated rings. The molecule has 0 radical (unpaired) electrons. The summed E-state index contributed by atoms with van der Waals surface area (Å²) in [5.41, 5.74) is 1.88. The molecule has 27 heavy (non-hydrogen) atoms. The van der Waals surface area contributed by atoms with E-state index in [0.29, 0.717) is 17.8 Å². The van der Waals surface area contributed by atoms with Crippen molar-refractivity contribution in [2.75, 3.05) is 6.61 Å². The molecule has 4 aliphatic rings. The van der Waals surface area contributed by atoms with E-state index < -0.39 is 0 Å². The zero-order valence-electron chi connectivity index (χ0n) is 17.0. The second kappa shape index (κ2) is 6.72. The number of hydrogen-bond acceptors (Lipinski definition) is 4. The number of fused-ring (bicyclic) bond motifs is 5. The molecule has 0 aromatic rings. The Morgan fingerprint density at radius 1 is 1.19 bits per heavy atom. The van der Waals surface area contributed by atoms with Crippen LogP contribution in [0, 0.1) is 34.5 Å². The van der Waals surface area contributed by atoms with Crippen LogP contribution in [0.5, 0.6) is 0 Å². The van der Waals surface area contributed by atoms with Gasteiger partial charge in [-0.15, -0.1) is 0 Å². The van der Waals surface area contributed by atoms with Crippen molar-refractivity contribution >= 4 is 11.8 Å². The summed E-state index contributed by atoms with van der Waals surface area (Å²) in [4.78, 5) is 23.7. The number of carbonyl (C=O) groups excluding carboxylic acids is 2. The largest absolute Gasteiger partial charge is 0.463 e. The number of Topliss-reactive ketones (excluding diaryl/α,β-unsaturated/α-hetero) is 1.